The summed E-state index contributed by atoms with van der Waals surface area (Å²) < 4.78 is 19.0. The van der Waals surface area contributed by atoms with Crippen molar-refractivity contribution in [1.82, 2.24) is 0 Å². The molecule has 5 heteroatoms. The van der Waals surface area contributed by atoms with E-state index in [4.69, 9.17) is 34.3 Å². The van der Waals surface area contributed by atoms with E-state index in [1.54, 1.807) is 36.4 Å². The van der Waals surface area contributed by atoms with E-state index in [2.05, 4.69) is 0 Å². The van der Waals surface area contributed by atoms with Crippen molar-refractivity contribution in [2.75, 3.05) is 0 Å². The summed E-state index contributed by atoms with van der Waals surface area (Å²) in [6.45, 7) is 0.0859. The van der Waals surface area contributed by atoms with Gasteiger partial charge in [-0.2, -0.15) is 0 Å². The second-order valence-corrected chi connectivity index (χ2v) is 4.76. The van der Waals surface area contributed by atoms with Crippen LogP contribution in [0.25, 0.3) is 0 Å². The van der Waals surface area contributed by atoms with Crippen molar-refractivity contribution in [3.05, 3.63) is 64.4 Å². The zero-order valence-corrected chi connectivity index (χ0v) is 11.5. The van der Waals surface area contributed by atoms with Gasteiger partial charge in [-0.25, -0.2) is 4.39 Å². The highest BCUT2D eigenvalue weighted by molar-refractivity contribution is 7.80. The molecule has 0 fully saturated rings. The predicted molar refractivity (Wildman–Crippen MR) is 78.1 cm³/mol. The van der Waals surface area contributed by atoms with Crippen LogP contribution < -0.4 is 10.5 Å². The second kappa shape index (κ2) is 5.99. The Hall–Kier alpha value is -1.65. The lowest BCUT2D eigenvalue weighted by Gasteiger charge is -2.11. The molecule has 0 atom stereocenters. The van der Waals surface area contributed by atoms with Gasteiger partial charge in [0.25, 0.3) is 0 Å². The molecule has 0 saturated carbocycles. The molecule has 0 heterocycles. The van der Waals surface area contributed by atoms with Gasteiger partial charge in [0.1, 0.15) is 23.2 Å². The molecule has 0 spiro atoms. The van der Waals surface area contributed by atoms with Crippen LogP contribution in [0.4, 0.5) is 4.39 Å². The number of thiocarbonyl (C=S) groups is 1. The zero-order chi connectivity index (χ0) is 13.8. The van der Waals surface area contributed by atoms with Crippen LogP contribution in [0.3, 0.4) is 0 Å². The van der Waals surface area contributed by atoms with Gasteiger partial charge in [0, 0.05) is 10.6 Å². The first kappa shape index (κ1) is 13.8. The van der Waals surface area contributed by atoms with Gasteiger partial charge in [0.2, 0.25) is 0 Å². The summed E-state index contributed by atoms with van der Waals surface area (Å²) in [5.41, 5.74) is 6.63. The third-order valence-electron chi connectivity index (χ3n) is 2.55. The van der Waals surface area contributed by atoms with Crippen LogP contribution in [0.1, 0.15) is 11.1 Å². The molecule has 0 aliphatic rings. The van der Waals surface area contributed by atoms with Gasteiger partial charge < -0.3 is 10.5 Å². The quantitative estimate of drug-likeness (QED) is 0.874. The largest absolute Gasteiger partial charge is 0.488 e. The Morgan fingerprint density at radius 3 is 2.68 bits per heavy atom. The molecule has 19 heavy (non-hydrogen) atoms. The van der Waals surface area contributed by atoms with Crippen molar-refractivity contribution in [2.45, 2.75) is 6.61 Å². The van der Waals surface area contributed by atoms with Gasteiger partial charge >= 0.3 is 0 Å². The molecule has 0 saturated heterocycles. The van der Waals surface area contributed by atoms with Crippen LogP contribution in [0.2, 0.25) is 5.02 Å². The fraction of sp³-hybridized carbons (Fsp3) is 0.0714. The van der Waals surface area contributed by atoms with E-state index >= 15 is 0 Å². The van der Waals surface area contributed by atoms with Crippen LogP contribution >= 0.6 is 23.8 Å². The summed E-state index contributed by atoms with van der Waals surface area (Å²) in [5.74, 6) is 0.129. The minimum atomic E-state index is -0.318. The highest BCUT2D eigenvalue weighted by Gasteiger charge is 2.09. The Morgan fingerprint density at radius 1 is 1.26 bits per heavy atom. The van der Waals surface area contributed by atoms with Gasteiger partial charge in [-0.05, 0) is 24.3 Å². The molecule has 0 aliphatic carbocycles. The predicted octanol–water partition coefficient (Wildman–Crippen LogP) is 3.69. The molecule has 2 aromatic rings. The smallest absolute Gasteiger partial charge is 0.131 e. The van der Waals surface area contributed by atoms with Gasteiger partial charge in [0.05, 0.1) is 5.56 Å². The molecular weight excluding hydrogens is 285 g/mol. The molecule has 98 valence electrons. The minimum absolute atomic E-state index is 0.0859. The maximum absolute atomic E-state index is 13.5. The molecule has 0 unspecified atom stereocenters. The summed E-state index contributed by atoms with van der Waals surface area (Å²) in [5, 5.41) is 0.503. The summed E-state index contributed by atoms with van der Waals surface area (Å²) >= 11 is 10.8. The Labute approximate surface area is 120 Å². The van der Waals surface area contributed by atoms with Crippen molar-refractivity contribution in [3.8, 4) is 5.75 Å². The van der Waals surface area contributed by atoms with E-state index in [1.165, 1.54) is 6.07 Å². The number of halogens is 2. The van der Waals surface area contributed by atoms with E-state index in [0.29, 0.717) is 21.9 Å². The van der Waals surface area contributed by atoms with Gasteiger partial charge in [0.15, 0.2) is 0 Å². The average Bonchev–Trinajstić information content (AvgIpc) is 2.37. The number of ether oxygens (including phenoxy) is 1. The fourth-order valence-corrected chi connectivity index (χ4v) is 1.92. The van der Waals surface area contributed by atoms with Gasteiger partial charge in [-0.1, -0.05) is 42.0 Å². The third kappa shape index (κ3) is 3.43. The van der Waals surface area contributed by atoms with E-state index in [-0.39, 0.29) is 17.4 Å². The highest BCUT2D eigenvalue weighted by atomic mass is 35.5. The Morgan fingerprint density at radius 2 is 2.00 bits per heavy atom. The van der Waals surface area contributed by atoms with Crippen LogP contribution in [0.15, 0.2) is 42.5 Å². The number of rotatable bonds is 4. The van der Waals surface area contributed by atoms with E-state index in [9.17, 15) is 4.39 Å². The normalized spacial score (nSPS) is 10.2. The lowest BCUT2D eigenvalue weighted by Crippen LogP contribution is -2.12. The zero-order valence-electron chi connectivity index (χ0n) is 9.90. The Bertz CT molecular complexity index is 618. The fourth-order valence-electron chi connectivity index (χ4n) is 1.59. The van der Waals surface area contributed by atoms with Crippen molar-refractivity contribution in [1.29, 1.82) is 0 Å². The highest BCUT2D eigenvalue weighted by Crippen LogP contribution is 2.24. The Kier molecular flexibility index (Phi) is 4.35. The maximum Gasteiger partial charge on any atom is 0.131 e. The molecule has 2 nitrogen and oxygen atoms in total. The summed E-state index contributed by atoms with van der Waals surface area (Å²) in [4.78, 5) is 0.209. The minimum Gasteiger partial charge on any atom is -0.488 e. The van der Waals surface area contributed by atoms with Crippen LogP contribution in [0.5, 0.6) is 5.75 Å². The van der Waals surface area contributed by atoms with Crippen molar-refractivity contribution in [3.63, 3.8) is 0 Å². The number of hydrogen-bond acceptors (Lipinski definition) is 2. The van der Waals surface area contributed by atoms with Crippen LogP contribution in [-0.4, -0.2) is 4.99 Å². The molecule has 0 amide bonds. The first-order chi connectivity index (χ1) is 9.08. The van der Waals surface area contributed by atoms with Gasteiger partial charge in [-0.15, -0.1) is 0 Å². The van der Waals surface area contributed by atoms with E-state index < -0.39 is 0 Å². The summed E-state index contributed by atoms with van der Waals surface area (Å²) in [7, 11) is 0. The number of hydrogen-bond donors (Lipinski definition) is 1. The average molecular weight is 296 g/mol. The molecule has 2 rings (SSSR count). The monoisotopic (exact) mass is 295 g/mol. The molecule has 2 N–H and O–H groups in total. The molecule has 0 radical (unpaired) electrons. The van der Waals surface area contributed by atoms with Crippen molar-refractivity contribution < 1.29 is 9.13 Å². The first-order valence-corrected chi connectivity index (χ1v) is 6.32. The Balaban J connectivity index is 2.22. The van der Waals surface area contributed by atoms with Crippen molar-refractivity contribution in [2.24, 2.45) is 5.73 Å². The first-order valence-electron chi connectivity index (χ1n) is 5.53. The van der Waals surface area contributed by atoms with Crippen LogP contribution in [0, 0.1) is 5.82 Å². The number of nitrogens with two attached hydrogens (primary N) is 1. The standard InChI is InChI=1S/C14H11ClFNOS/c15-10-5-6-11(14(17)19)13(7-10)18-8-9-3-1-2-4-12(9)16/h1-7H,8H2,(H2,17,19). The number of benzene rings is 2. The maximum atomic E-state index is 13.5. The lowest BCUT2D eigenvalue weighted by molar-refractivity contribution is 0.299. The summed E-state index contributed by atoms with van der Waals surface area (Å²) in [6, 6.07) is 11.4. The molecule has 2 aromatic carbocycles. The molecule has 0 bridgehead atoms. The SMILES string of the molecule is NC(=S)c1ccc(Cl)cc1OCc1ccccc1F. The summed E-state index contributed by atoms with van der Waals surface area (Å²) in [6.07, 6.45) is 0. The van der Waals surface area contributed by atoms with E-state index in [0.717, 1.165) is 0 Å². The van der Waals surface area contributed by atoms with Crippen LogP contribution in [-0.2, 0) is 6.61 Å². The third-order valence-corrected chi connectivity index (χ3v) is 3.01. The molecule has 0 aliphatic heterocycles. The lowest BCUT2D eigenvalue weighted by atomic mass is 10.2. The topological polar surface area (TPSA) is 35.2 Å². The van der Waals surface area contributed by atoms with Crippen molar-refractivity contribution >= 4 is 28.8 Å². The van der Waals surface area contributed by atoms with Gasteiger partial charge in [-0.3, -0.25) is 0 Å². The second-order valence-electron chi connectivity index (χ2n) is 3.88. The molecule has 0 aromatic heterocycles. The van der Waals surface area contributed by atoms with E-state index in [1.807, 2.05) is 0 Å². The molecular formula is C14H11ClFNOS.